The Morgan fingerprint density at radius 1 is 1.36 bits per heavy atom. The number of carbonyl (C=O) groups excluding carboxylic acids is 1. The van der Waals surface area contributed by atoms with Crippen LogP contribution in [0.25, 0.3) is 0 Å². The van der Waals surface area contributed by atoms with Gasteiger partial charge >= 0.3 is 0 Å². The van der Waals surface area contributed by atoms with Crippen molar-refractivity contribution in [3.05, 3.63) is 48.0 Å². The van der Waals surface area contributed by atoms with Crippen molar-refractivity contribution in [3.63, 3.8) is 0 Å². The fraction of sp³-hybridized carbons (Fsp3) is 0.438. The van der Waals surface area contributed by atoms with Crippen LogP contribution < -0.4 is 10.6 Å². The summed E-state index contributed by atoms with van der Waals surface area (Å²) in [4.78, 5) is 12.2. The number of benzene rings is 1. The maximum atomic E-state index is 12.2. The second kappa shape index (κ2) is 7.17. The minimum Gasteiger partial charge on any atom is -0.350 e. The molecule has 0 aliphatic carbocycles. The Morgan fingerprint density at radius 2 is 2.23 bits per heavy atom. The molecule has 3 rings (SSSR count). The number of hydrogen-bond donors (Lipinski definition) is 2. The standard InChI is InChI=1S/C16H21N5O/c22-16(18-6-7-21-11-19-20-12-21)15-3-1-2-13(9-15)8-14-4-5-17-10-14/h1-3,9,11-12,14,17H,4-8,10H2,(H,18,22). The average molecular weight is 299 g/mol. The van der Waals surface area contributed by atoms with Crippen molar-refractivity contribution < 1.29 is 4.79 Å². The molecule has 0 saturated carbocycles. The van der Waals surface area contributed by atoms with Crippen molar-refractivity contribution in [1.29, 1.82) is 0 Å². The van der Waals surface area contributed by atoms with Crippen molar-refractivity contribution >= 4 is 5.91 Å². The Balaban J connectivity index is 1.52. The first kappa shape index (κ1) is 14.7. The van der Waals surface area contributed by atoms with Gasteiger partial charge in [-0.3, -0.25) is 4.79 Å². The predicted molar refractivity (Wildman–Crippen MR) is 83.5 cm³/mol. The van der Waals surface area contributed by atoms with E-state index in [9.17, 15) is 4.79 Å². The summed E-state index contributed by atoms with van der Waals surface area (Å²) in [7, 11) is 0. The molecule has 1 atom stereocenters. The third-order valence-corrected chi connectivity index (χ3v) is 4.00. The van der Waals surface area contributed by atoms with Crippen LogP contribution >= 0.6 is 0 Å². The van der Waals surface area contributed by atoms with Gasteiger partial charge in [-0.1, -0.05) is 12.1 Å². The molecule has 1 fully saturated rings. The SMILES string of the molecule is O=C(NCCn1cnnc1)c1cccc(CC2CCNC2)c1. The molecule has 1 amide bonds. The first-order valence-electron chi connectivity index (χ1n) is 7.71. The lowest BCUT2D eigenvalue weighted by molar-refractivity contribution is 0.0952. The summed E-state index contributed by atoms with van der Waals surface area (Å²) < 4.78 is 1.84. The Labute approximate surface area is 129 Å². The lowest BCUT2D eigenvalue weighted by atomic mass is 9.97. The van der Waals surface area contributed by atoms with Crippen molar-refractivity contribution in [3.8, 4) is 0 Å². The highest BCUT2D eigenvalue weighted by Crippen LogP contribution is 2.16. The van der Waals surface area contributed by atoms with Gasteiger partial charge in [-0.2, -0.15) is 0 Å². The van der Waals surface area contributed by atoms with Gasteiger partial charge in [0.05, 0.1) is 0 Å². The maximum Gasteiger partial charge on any atom is 0.251 e. The van der Waals surface area contributed by atoms with Gasteiger partial charge in [0, 0.05) is 18.7 Å². The number of aromatic nitrogens is 3. The molecule has 2 aromatic rings. The normalized spacial score (nSPS) is 17.5. The smallest absolute Gasteiger partial charge is 0.251 e. The zero-order valence-corrected chi connectivity index (χ0v) is 12.5. The molecule has 0 spiro atoms. The molecule has 1 aliphatic rings. The van der Waals surface area contributed by atoms with Crippen molar-refractivity contribution in [1.82, 2.24) is 25.4 Å². The lowest BCUT2D eigenvalue weighted by Crippen LogP contribution is -2.27. The quantitative estimate of drug-likeness (QED) is 0.830. The molecule has 6 nitrogen and oxygen atoms in total. The van der Waals surface area contributed by atoms with Gasteiger partial charge in [-0.15, -0.1) is 10.2 Å². The monoisotopic (exact) mass is 299 g/mol. The number of hydrogen-bond acceptors (Lipinski definition) is 4. The molecule has 6 heteroatoms. The lowest BCUT2D eigenvalue weighted by Gasteiger charge is -2.10. The minimum absolute atomic E-state index is 0.0283. The van der Waals surface area contributed by atoms with E-state index in [2.05, 4.69) is 26.9 Å². The molecular weight excluding hydrogens is 278 g/mol. The highest BCUT2D eigenvalue weighted by Gasteiger charge is 2.15. The van der Waals surface area contributed by atoms with Crippen LogP contribution in [-0.4, -0.2) is 40.3 Å². The van der Waals surface area contributed by atoms with Crippen molar-refractivity contribution in [2.24, 2.45) is 5.92 Å². The molecule has 0 radical (unpaired) electrons. The van der Waals surface area contributed by atoms with Crippen LogP contribution in [0.2, 0.25) is 0 Å². The number of rotatable bonds is 6. The van der Waals surface area contributed by atoms with Crippen molar-refractivity contribution in [2.45, 2.75) is 19.4 Å². The number of nitrogens with zero attached hydrogens (tertiary/aromatic N) is 3. The molecule has 1 aromatic carbocycles. The van der Waals surface area contributed by atoms with Gasteiger partial charge in [0.15, 0.2) is 0 Å². The van der Waals surface area contributed by atoms with Gasteiger partial charge in [0.1, 0.15) is 12.7 Å². The minimum atomic E-state index is -0.0283. The van der Waals surface area contributed by atoms with E-state index in [0.29, 0.717) is 19.0 Å². The summed E-state index contributed by atoms with van der Waals surface area (Å²) in [5.74, 6) is 0.659. The van der Waals surface area contributed by atoms with Crippen LogP contribution in [0.4, 0.5) is 0 Å². The van der Waals surface area contributed by atoms with Crippen LogP contribution in [0, 0.1) is 5.92 Å². The maximum absolute atomic E-state index is 12.2. The Morgan fingerprint density at radius 3 is 3.00 bits per heavy atom. The van der Waals surface area contributed by atoms with Crippen LogP contribution in [0.3, 0.4) is 0 Å². The van der Waals surface area contributed by atoms with E-state index in [-0.39, 0.29) is 5.91 Å². The van der Waals surface area contributed by atoms with E-state index in [1.807, 2.05) is 22.8 Å². The highest BCUT2D eigenvalue weighted by atomic mass is 16.1. The summed E-state index contributed by atoms with van der Waals surface area (Å²) in [6.07, 6.45) is 5.54. The molecule has 1 aromatic heterocycles. The zero-order chi connectivity index (χ0) is 15.2. The van der Waals surface area contributed by atoms with Gasteiger partial charge in [-0.05, 0) is 49.5 Å². The first-order chi connectivity index (χ1) is 10.8. The molecule has 1 saturated heterocycles. The fourth-order valence-electron chi connectivity index (χ4n) is 2.80. The molecule has 2 N–H and O–H groups in total. The summed E-state index contributed by atoms with van der Waals surface area (Å²) in [6.45, 7) is 3.42. The van der Waals surface area contributed by atoms with Crippen LogP contribution in [0.1, 0.15) is 22.3 Å². The fourth-order valence-corrected chi connectivity index (χ4v) is 2.80. The highest BCUT2D eigenvalue weighted by molar-refractivity contribution is 5.94. The largest absolute Gasteiger partial charge is 0.350 e. The van der Waals surface area contributed by atoms with E-state index in [1.165, 1.54) is 12.0 Å². The second-order valence-electron chi connectivity index (χ2n) is 5.72. The topological polar surface area (TPSA) is 71.8 Å². The Bertz CT molecular complexity index is 605. The summed E-state index contributed by atoms with van der Waals surface area (Å²) in [6, 6.07) is 7.94. The van der Waals surface area contributed by atoms with E-state index in [0.717, 1.165) is 25.1 Å². The molecule has 1 aliphatic heterocycles. The van der Waals surface area contributed by atoms with Crippen LogP contribution in [-0.2, 0) is 13.0 Å². The number of nitrogens with one attached hydrogen (secondary N) is 2. The third kappa shape index (κ3) is 3.92. The number of amides is 1. The molecule has 2 heterocycles. The summed E-state index contributed by atoms with van der Waals surface area (Å²) in [5, 5.41) is 13.8. The molecule has 0 bridgehead atoms. The Kier molecular flexibility index (Phi) is 4.80. The molecular formula is C16H21N5O. The second-order valence-corrected chi connectivity index (χ2v) is 5.72. The summed E-state index contributed by atoms with van der Waals surface area (Å²) in [5.41, 5.74) is 1.97. The van der Waals surface area contributed by atoms with E-state index >= 15 is 0 Å². The Hall–Kier alpha value is -2.21. The summed E-state index contributed by atoms with van der Waals surface area (Å²) >= 11 is 0. The van der Waals surface area contributed by atoms with Gasteiger partial charge in [-0.25, -0.2) is 0 Å². The molecule has 116 valence electrons. The predicted octanol–water partition coefficient (Wildman–Crippen LogP) is 0.860. The first-order valence-corrected chi connectivity index (χ1v) is 7.71. The van der Waals surface area contributed by atoms with Crippen LogP contribution in [0.15, 0.2) is 36.9 Å². The van der Waals surface area contributed by atoms with Gasteiger partial charge in [0.2, 0.25) is 0 Å². The molecule has 22 heavy (non-hydrogen) atoms. The number of carbonyl (C=O) groups is 1. The van der Waals surface area contributed by atoms with E-state index in [1.54, 1.807) is 12.7 Å². The van der Waals surface area contributed by atoms with Crippen molar-refractivity contribution in [2.75, 3.05) is 19.6 Å². The van der Waals surface area contributed by atoms with E-state index in [4.69, 9.17) is 0 Å². The van der Waals surface area contributed by atoms with Gasteiger partial charge in [0.25, 0.3) is 5.91 Å². The molecule has 1 unspecified atom stereocenters. The van der Waals surface area contributed by atoms with Crippen LogP contribution in [0.5, 0.6) is 0 Å². The van der Waals surface area contributed by atoms with E-state index < -0.39 is 0 Å². The van der Waals surface area contributed by atoms with Gasteiger partial charge < -0.3 is 15.2 Å². The zero-order valence-electron chi connectivity index (χ0n) is 12.5. The third-order valence-electron chi connectivity index (χ3n) is 4.00. The average Bonchev–Trinajstić information content (AvgIpc) is 3.21.